The summed E-state index contributed by atoms with van der Waals surface area (Å²) < 4.78 is 5.36. The summed E-state index contributed by atoms with van der Waals surface area (Å²) in [5.41, 5.74) is 1.43. The molecule has 0 aromatic heterocycles. The number of rotatable bonds is 1. The molecule has 0 saturated carbocycles. The molecule has 2 rings (SSSR count). The monoisotopic (exact) mass is 193 g/mol. The van der Waals surface area contributed by atoms with Gasteiger partial charge in [0.15, 0.2) is 6.10 Å². The summed E-state index contributed by atoms with van der Waals surface area (Å²) in [6, 6.07) is 5.20. The molecule has 1 atom stereocenters. The quantitative estimate of drug-likeness (QED) is 0.696. The Morgan fingerprint density at radius 1 is 1.57 bits per heavy atom. The standard InChI is InChI=1S/C10H11NO3/c1-6-10(13)11-8-3-2-7(5-12)4-9(8)14-6/h2-4,6,12H,5H2,1H3,(H,11,13). The maximum atomic E-state index is 11.2. The van der Waals surface area contributed by atoms with Gasteiger partial charge in [0.2, 0.25) is 0 Å². The van der Waals surface area contributed by atoms with Gasteiger partial charge in [-0.2, -0.15) is 0 Å². The molecule has 14 heavy (non-hydrogen) atoms. The third kappa shape index (κ3) is 1.44. The molecule has 0 fully saturated rings. The molecule has 2 N–H and O–H groups in total. The van der Waals surface area contributed by atoms with Crippen molar-refractivity contribution in [3.8, 4) is 5.75 Å². The summed E-state index contributed by atoms with van der Waals surface area (Å²) >= 11 is 0. The van der Waals surface area contributed by atoms with Crippen molar-refractivity contribution in [1.82, 2.24) is 0 Å². The molecule has 1 heterocycles. The van der Waals surface area contributed by atoms with Gasteiger partial charge in [-0.05, 0) is 24.6 Å². The Kier molecular flexibility index (Phi) is 2.13. The number of hydrogen-bond acceptors (Lipinski definition) is 3. The highest BCUT2D eigenvalue weighted by molar-refractivity contribution is 5.97. The number of aliphatic hydroxyl groups is 1. The second-order valence-electron chi connectivity index (χ2n) is 3.24. The number of nitrogens with one attached hydrogen (secondary N) is 1. The minimum absolute atomic E-state index is 0.0288. The normalized spacial score (nSPS) is 19.6. The second kappa shape index (κ2) is 3.31. The van der Waals surface area contributed by atoms with Gasteiger partial charge >= 0.3 is 0 Å². The molecule has 0 saturated heterocycles. The van der Waals surface area contributed by atoms with Crippen LogP contribution in [0, 0.1) is 0 Å². The van der Waals surface area contributed by atoms with E-state index in [4.69, 9.17) is 9.84 Å². The Morgan fingerprint density at radius 2 is 2.36 bits per heavy atom. The summed E-state index contributed by atoms with van der Waals surface area (Å²) in [6.45, 7) is 1.66. The van der Waals surface area contributed by atoms with E-state index in [9.17, 15) is 4.79 Å². The van der Waals surface area contributed by atoms with Gasteiger partial charge in [-0.15, -0.1) is 0 Å². The molecule has 0 aliphatic carbocycles. The lowest BCUT2D eigenvalue weighted by molar-refractivity contribution is -0.122. The topological polar surface area (TPSA) is 58.6 Å². The first kappa shape index (κ1) is 9.02. The van der Waals surface area contributed by atoms with Crippen molar-refractivity contribution in [2.24, 2.45) is 0 Å². The van der Waals surface area contributed by atoms with Crippen LogP contribution in [0.15, 0.2) is 18.2 Å². The molecule has 0 spiro atoms. The highest BCUT2D eigenvalue weighted by Crippen LogP contribution is 2.30. The van der Waals surface area contributed by atoms with Crippen molar-refractivity contribution in [2.45, 2.75) is 19.6 Å². The molecule has 74 valence electrons. The van der Waals surface area contributed by atoms with Crippen LogP contribution < -0.4 is 10.1 Å². The van der Waals surface area contributed by atoms with E-state index in [0.717, 1.165) is 5.56 Å². The third-order valence-corrected chi connectivity index (χ3v) is 2.16. The first-order chi connectivity index (χ1) is 6.70. The van der Waals surface area contributed by atoms with Crippen molar-refractivity contribution in [2.75, 3.05) is 5.32 Å². The van der Waals surface area contributed by atoms with E-state index in [1.165, 1.54) is 0 Å². The number of anilines is 1. The molecule has 0 radical (unpaired) electrons. The fourth-order valence-electron chi connectivity index (χ4n) is 1.34. The van der Waals surface area contributed by atoms with Crippen LogP contribution in [-0.4, -0.2) is 17.1 Å². The zero-order valence-electron chi connectivity index (χ0n) is 7.78. The maximum absolute atomic E-state index is 11.2. The van der Waals surface area contributed by atoms with Gasteiger partial charge in [-0.1, -0.05) is 6.07 Å². The van der Waals surface area contributed by atoms with Crippen LogP contribution in [0.25, 0.3) is 0 Å². The van der Waals surface area contributed by atoms with Gasteiger partial charge in [-0.3, -0.25) is 4.79 Å². The number of carbonyl (C=O) groups excluding carboxylic acids is 1. The number of amides is 1. The molecule has 1 aliphatic rings. The van der Waals surface area contributed by atoms with E-state index in [-0.39, 0.29) is 12.5 Å². The summed E-state index contributed by atoms with van der Waals surface area (Å²) in [7, 11) is 0. The zero-order valence-corrected chi connectivity index (χ0v) is 7.78. The Bertz CT molecular complexity index is 376. The SMILES string of the molecule is CC1Oc2cc(CO)ccc2NC1=O. The molecule has 4 heteroatoms. The van der Waals surface area contributed by atoms with Crippen LogP contribution in [0.4, 0.5) is 5.69 Å². The number of carbonyl (C=O) groups is 1. The molecular weight excluding hydrogens is 182 g/mol. The lowest BCUT2D eigenvalue weighted by Gasteiger charge is -2.23. The number of benzene rings is 1. The van der Waals surface area contributed by atoms with E-state index < -0.39 is 6.10 Å². The van der Waals surface area contributed by atoms with Crippen molar-refractivity contribution >= 4 is 11.6 Å². The smallest absolute Gasteiger partial charge is 0.265 e. The molecule has 1 unspecified atom stereocenters. The van der Waals surface area contributed by atoms with Crippen molar-refractivity contribution < 1.29 is 14.6 Å². The second-order valence-corrected chi connectivity index (χ2v) is 3.24. The molecule has 0 bridgehead atoms. The molecule has 1 aromatic rings. The van der Waals surface area contributed by atoms with Gasteiger partial charge in [0.25, 0.3) is 5.91 Å². The Labute approximate surface area is 81.5 Å². The van der Waals surface area contributed by atoms with Crippen molar-refractivity contribution in [3.05, 3.63) is 23.8 Å². The minimum Gasteiger partial charge on any atom is -0.479 e. The first-order valence-corrected chi connectivity index (χ1v) is 4.42. The zero-order chi connectivity index (χ0) is 10.1. The van der Waals surface area contributed by atoms with Gasteiger partial charge < -0.3 is 15.2 Å². The average Bonchev–Trinajstić information content (AvgIpc) is 2.19. The number of fused-ring (bicyclic) bond motifs is 1. The van der Waals surface area contributed by atoms with Crippen LogP contribution in [0.1, 0.15) is 12.5 Å². The van der Waals surface area contributed by atoms with E-state index in [2.05, 4.69) is 5.32 Å². The van der Waals surface area contributed by atoms with Crippen molar-refractivity contribution in [1.29, 1.82) is 0 Å². The van der Waals surface area contributed by atoms with Crippen molar-refractivity contribution in [3.63, 3.8) is 0 Å². The van der Waals surface area contributed by atoms with Crippen LogP contribution >= 0.6 is 0 Å². The number of ether oxygens (including phenoxy) is 1. The average molecular weight is 193 g/mol. The fraction of sp³-hybridized carbons (Fsp3) is 0.300. The lowest BCUT2D eigenvalue weighted by atomic mass is 10.1. The highest BCUT2D eigenvalue weighted by atomic mass is 16.5. The van der Waals surface area contributed by atoms with Crippen LogP contribution in [0.2, 0.25) is 0 Å². The van der Waals surface area contributed by atoms with Gasteiger partial charge in [0, 0.05) is 0 Å². The molecule has 1 aliphatic heterocycles. The number of hydrogen-bond donors (Lipinski definition) is 2. The van der Waals surface area contributed by atoms with Crippen LogP contribution in [-0.2, 0) is 11.4 Å². The first-order valence-electron chi connectivity index (χ1n) is 4.42. The van der Waals surface area contributed by atoms with E-state index >= 15 is 0 Å². The van der Waals surface area contributed by atoms with E-state index in [1.54, 1.807) is 25.1 Å². The van der Waals surface area contributed by atoms with Gasteiger partial charge in [-0.25, -0.2) is 0 Å². The molecule has 1 aromatic carbocycles. The Hall–Kier alpha value is -1.55. The van der Waals surface area contributed by atoms with Gasteiger partial charge in [0.05, 0.1) is 12.3 Å². The molecule has 4 nitrogen and oxygen atoms in total. The number of aliphatic hydroxyl groups excluding tert-OH is 1. The maximum Gasteiger partial charge on any atom is 0.265 e. The van der Waals surface area contributed by atoms with Crippen LogP contribution in [0.5, 0.6) is 5.75 Å². The Balaban J connectivity index is 2.37. The lowest BCUT2D eigenvalue weighted by Crippen LogP contribution is -2.34. The largest absolute Gasteiger partial charge is 0.479 e. The molecule has 1 amide bonds. The van der Waals surface area contributed by atoms with E-state index in [0.29, 0.717) is 11.4 Å². The summed E-state index contributed by atoms with van der Waals surface area (Å²) in [4.78, 5) is 11.2. The summed E-state index contributed by atoms with van der Waals surface area (Å²) in [6.07, 6.45) is -0.476. The Morgan fingerprint density at radius 3 is 3.07 bits per heavy atom. The summed E-state index contributed by atoms with van der Waals surface area (Å²) in [5.74, 6) is 0.470. The summed E-state index contributed by atoms with van der Waals surface area (Å²) in [5, 5.41) is 11.6. The molecular formula is C10H11NO3. The fourth-order valence-corrected chi connectivity index (χ4v) is 1.34. The predicted octanol–water partition coefficient (Wildman–Crippen LogP) is 0.898. The predicted molar refractivity (Wildman–Crippen MR) is 51.1 cm³/mol. The highest BCUT2D eigenvalue weighted by Gasteiger charge is 2.23. The third-order valence-electron chi connectivity index (χ3n) is 2.16. The van der Waals surface area contributed by atoms with E-state index in [1.807, 2.05) is 0 Å². The van der Waals surface area contributed by atoms with Gasteiger partial charge in [0.1, 0.15) is 5.75 Å². The van der Waals surface area contributed by atoms with Crippen LogP contribution in [0.3, 0.4) is 0 Å². The minimum atomic E-state index is -0.476.